The summed E-state index contributed by atoms with van der Waals surface area (Å²) in [5.41, 5.74) is 0.799. The van der Waals surface area contributed by atoms with E-state index in [-0.39, 0.29) is 0 Å². The van der Waals surface area contributed by atoms with E-state index >= 15 is 0 Å². The Hall–Kier alpha value is -0.730. The normalized spacial score (nSPS) is 11.2. The van der Waals surface area contributed by atoms with Crippen molar-refractivity contribution >= 4 is 34.2 Å². The second-order valence-electron chi connectivity index (χ2n) is 4.63. The van der Waals surface area contributed by atoms with Crippen LogP contribution in [0.25, 0.3) is 5.69 Å². The van der Waals surface area contributed by atoms with Gasteiger partial charge in [0.15, 0.2) is 5.82 Å². The van der Waals surface area contributed by atoms with Gasteiger partial charge in [-0.25, -0.2) is 0 Å². The van der Waals surface area contributed by atoms with E-state index in [2.05, 4.69) is 57.3 Å². The predicted octanol–water partition coefficient (Wildman–Crippen LogP) is 2.67. The van der Waals surface area contributed by atoms with Crippen LogP contribution in [0.15, 0.2) is 18.2 Å². The summed E-state index contributed by atoms with van der Waals surface area (Å²) in [6, 6.07) is 5.80. The Balaban J connectivity index is 2.19. The number of nitrogens with one attached hydrogen (secondary N) is 1. The molecule has 1 heterocycles. The molecule has 7 heteroatoms. The highest BCUT2D eigenvalue weighted by atomic mass is 127. The van der Waals surface area contributed by atoms with E-state index in [0.29, 0.717) is 17.5 Å². The maximum absolute atomic E-state index is 6.24. The van der Waals surface area contributed by atoms with Crippen LogP contribution in [0, 0.1) is 9.49 Å². The van der Waals surface area contributed by atoms with E-state index in [1.54, 1.807) is 4.68 Å². The molecule has 19 heavy (non-hydrogen) atoms. The Bertz CT molecular complexity index is 555. The van der Waals surface area contributed by atoms with Crippen molar-refractivity contribution in [2.45, 2.75) is 20.4 Å². The third-order valence-electron chi connectivity index (χ3n) is 2.51. The summed E-state index contributed by atoms with van der Waals surface area (Å²) in [6.45, 7) is 5.86. The van der Waals surface area contributed by atoms with Crippen molar-refractivity contribution in [2.75, 3.05) is 6.54 Å². The van der Waals surface area contributed by atoms with E-state index < -0.39 is 0 Å². The molecule has 2 aromatic rings. The molecule has 0 fully saturated rings. The summed E-state index contributed by atoms with van der Waals surface area (Å²) in [7, 11) is 0. The van der Waals surface area contributed by atoms with Crippen molar-refractivity contribution in [1.82, 2.24) is 25.5 Å². The van der Waals surface area contributed by atoms with Crippen LogP contribution >= 0.6 is 34.2 Å². The molecule has 0 bridgehead atoms. The topological polar surface area (TPSA) is 55.6 Å². The summed E-state index contributed by atoms with van der Waals surface area (Å²) in [4.78, 5) is 0. The quantitative estimate of drug-likeness (QED) is 0.796. The molecular formula is C12H15ClIN5. The molecule has 0 aliphatic carbocycles. The van der Waals surface area contributed by atoms with Gasteiger partial charge in [-0.05, 0) is 63.7 Å². The Morgan fingerprint density at radius 2 is 2.21 bits per heavy atom. The summed E-state index contributed by atoms with van der Waals surface area (Å²) < 4.78 is 2.75. The van der Waals surface area contributed by atoms with Gasteiger partial charge in [-0.3, -0.25) is 0 Å². The maximum Gasteiger partial charge on any atom is 0.170 e. The smallest absolute Gasteiger partial charge is 0.170 e. The largest absolute Gasteiger partial charge is 0.310 e. The number of benzene rings is 1. The lowest BCUT2D eigenvalue weighted by molar-refractivity contribution is 0.538. The number of nitrogens with zero attached hydrogens (tertiary/aromatic N) is 4. The molecule has 0 aliphatic rings. The minimum Gasteiger partial charge on any atom is -0.310 e. The molecule has 0 unspecified atom stereocenters. The standard InChI is InChI=1S/C12H15ClIN5/c1-8(2)6-15-7-12-16-17-18-19(12)11-4-3-9(14)5-10(11)13/h3-5,8,15H,6-7H2,1-2H3. The molecule has 1 N–H and O–H groups in total. The molecule has 1 aromatic carbocycles. The molecule has 0 aliphatic heterocycles. The van der Waals surface area contributed by atoms with Crippen molar-refractivity contribution < 1.29 is 0 Å². The second-order valence-corrected chi connectivity index (χ2v) is 6.28. The van der Waals surface area contributed by atoms with Crippen molar-refractivity contribution in [3.05, 3.63) is 32.6 Å². The fourth-order valence-corrected chi connectivity index (χ4v) is 2.56. The van der Waals surface area contributed by atoms with Crippen LogP contribution in [-0.2, 0) is 6.54 Å². The Morgan fingerprint density at radius 3 is 2.89 bits per heavy atom. The van der Waals surface area contributed by atoms with Crippen LogP contribution in [0.3, 0.4) is 0 Å². The molecule has 0 saturated carbocycles. The van der Waals surface area contributed by atoms with Gasteiger partial charge in [0.1, 0.15) is 0 Å². The average molecular weight is 392 g/mol. The number of hydrogen-bond donors (Lipinski definition) is 1. The maximum atomic E-state index is 6.24. The third-order valence-corrected chi connectivity index (χ3v) is 3.48. The average Bonchev–Trinajstić information content (AvgIpc) is 2.77. The van der Waals surface area contributed by atoms with Gasteiger partial charge in [-0.1, -0.05) is 25.4 Å². The Morgan fingerprint density at radius 1 is 1.42 bits per heavy atom. The van der Waals surface area contributed by atoms with Crippen LogP contribution in [0.5, 0.6) is 0 Å². The first-order valence-corrected chi connectivity index (χ1v) is 7.47. The van der Waals surface area contributed by atoms with Crippen molar-refractivity contribution in [3.63, 3.8) is 0 Å². The highest BCUT2D eigenvalue weighted by Gasteiger charge is 2.11. The van der Waals surface area contributed by atoms with E-state index in [1.807, 2.05) is 18.2 Å². The molecule has 0 radical (unpaired) electrons. The fourth-order valence-electron chi connectivity index (χ4n) is 1.63. The van der Waals surface area contributed by atoms with E-state index in [1.165, 1.54) is 0 Å². The van der Waals surface area contributed by atoms with Gasteiger partial charge in [0.25, 0.3) is 0 Å². The SMILES string of the molecule is CC(C)CNCc1nnnn1-c1ccc(I)cc1Cl. The van der Waals surface area contributed by atoms with E-state index in [4.69, 9.17) is 11.6 Å². The van der Waals surface area contributed by atoms with E-state index in [0.717, 1.165) is 21.6 Å². The van der Waals surface area contributed by atoms with Crippen LogP contribution in [0.1, 0.15) is 19.7 Å². The van der Waals surface area contributed by atoms with Gasteiger partial charge in [-0.2, -0.15) is 4.68 Å². The molecule has 0 atom stereocenters. The number of halogens is 2. The van der Waals surface area contributed by atoms with Gasteiger partial charge in [0.05, 0.1) is 17.3 Å². The highest BCUT2D eigenvalue weighted by molar-refractivity contribution is 14.1. The Kier molecular flexibility index (Phi) is 5.12. The van der Waals surface area contributed by atoms with Gasteiger partial charge in [0.2, 0.25) is 0 Å². The summed E-state index contributed by atoms with van der Waals surface area (Å²) in [5.74, 6) is 1.34. The number of aromatic nitrogens is 4. The highest BCUT2D eigenvalue weighted by Crippen LogP contribution is 2.22. The summed E-state index contributed by atoms with van der Waals surface area (Å²) >= 11 is 8.46. The number of tetrazole rings is 1. The second kappa shape index (κ2) is 6.62. The fraction of sp³-hybridized carbons (Fsp3) is 0.417. The zero-order valence-electron chi connectivity index (χ0n) is 10.8. The Labute approximate surface area is 130 Å². The molecule has 2 rings (SSSR count). The van der Waals surface area contributed by atoms with Crippen molar-refractivity contribution in [3.8, 4) is 5.69 Å². The molecule has 102 valence electrons. The molecule has 5 nitrogen and oxygen atoms in total. The first-order chi connectivity index (χ1) is 9.08. The number of rotatable bonds is 5. The predicted molar refractivity (Wildman–Crippen MR) is 83.4 cm³/mol. The van der Waals surface area contributed by atoms with Gasteiger partial charge < -0.3 is 5.32 Å². The minimum absolute atomic E-state index is 0.589. The van der Waals surface area contributed by atoms with Gasteiger partial charge in [-0.15, -0.1) is 5.10 Å². The van der Waals surface area contributed by atoms with Gasteiger partial charge >= 0.3 is 0 Å². The van der Waals surface area contributed by atoms with E-state index in [9.17, 15) is 0 Å². The first-order valence-electron chi connectivity index (χ1n) is 6.01. The molecule has 0 spiro atoms. The summed E-state index contributed by atoms with van der Waals surface area (Å²) in [5, 5.41) is 15.7. The number of hydrogen-bond acceptors (Lipinski definition) is 4. The molecule has 1 aromatic heterocycles. The first kappa shape index (κ1) is 14.7. The minimum atomic E-state index is 0.589. The molecule has 0 saturated heterocycles. The molecular weight excluding hydrogens is 377 g/mol. The monoisotopic (exact) mass is 391 g/mol. The zero-order valence-corrected chi connectivity index (χ0v) is 13.7. The lowest BCUT2D eigenvalue weighted by Crippen LogP contribution is -2.21. The van der Waals surface area contributed by atoms with Crippen LogP contribution in [0.2, 0.25) is 5.02 Å². The van der Waals surface area contributed by atoms with Crippen LogP contribution < -0.4 is 5.32 Å². The van der Waals surface area contributed by atoms with Crippen LogP contribution in [-0.4, -0.2) is 26.8 Å². The third kappa shape index (κ3) is 3.87. The zero-order chi connectivity index (χ0) is 13.8. The van der Waals surface area contributed by atoms with Gasteiger partial charge in [0, 0.05) is 3.57 Å². The lowest BCUT2D eigenvalue weighted by atomic mass is 10.2. The molecule has 0 amide bonds. The lowest BCUT2D eigenvalue weighted by Gasteiger charge is -2.09. The van der Waals surface area contributed by atoms with Crippen molar-refractivity contribution in [2.24, 2.45) is 5.92 Å². The summed E-state index contributed by atoms with van der Waals surface area (Å²) in [6.07, 6.45) is 0. The van der Waals surface area contributed by atoms with Crippen molar-refractivity contribution in [1.29, 1.82) is 0 Å². The van der Waals surface area contributed by atoms with Crippen LogP contribution in [0.4, 0.5) is 0 Å².